The summed E-state index contributed by atoms with van der Waals surface area (Å²) in [7, 11) is -2.75. The summed E-state index contributed by atoms with van der Waals surface area (Å²) in [6.07, 6.45) is -6.46. The van der Waals surface area contributed by atoms with Crippen LogP contribution in [0, 0.1) is 12.7 Å². The first-order valence-corrected chi connectivity index (χ1v) is 7.31. The normalized spacial score (nSPS) is 14.5. The molecule has 1 heterocycles. The number of benzene rings is 1. The highest BCUT2D eigenvalue weighted by Crippen LogP contribution is 2.31. The molecule has 0 spiro atoms. The van der Waals surface area contributed by atoms with Crippen molar-refractivity contribution in [1.29, 1.82) is 0 Å². The van der Waals surface area contributed by atoms with Crippen LogP contribution in [0.25, 0.3) is 11.3 Å². The van der Waals surface area contributed by atoms with E-state index in [1.165, 1.54) is 6.92 Å². The number of rotatable bonds is 5. The largest absolute Gasteiger partial charge is 0.355 e. The fraction of sp³-hybridized carbons (Fsp3) is 0.308. The molecule has 0 saturated carbocycles. The molecule has 0 amide bonds. The summed E-state index contributed by atoms with van der Waals surface area (Å²) < 4.78 is 92.9. The summed E-state index contributed by atoms with van der Waals surface area (Å²) in [5, 5.41) is 3.24. The van der Waals surface area contributed by atoms with Crippen LogP contribution >= 0.6 is 0 Å². The molecule has 0 N–H and O–H groups in total. The fourth-order valence-corrected chi connectivity index (χ4v) is 2.84. The minimum Gasteiger partial charge on any atom is -0.355 e. The van der Waals surface area contributed by atoms with Gasteiger partial charge in [0.05, 0.1) is 10.8 Å². The lowest BCUT2D eigenvalue weighted by atomic mass is 10.1. The lowest BCUT2D eigenvalue weighted by Crippen LogP contribution is -2.19. The zero-order valence-electron chi connectivity index (χ0n) is 11.4. The Bertz CT molecular complexity index is 733. The topological polar surface area (TPSA) is 43.1 Å². The molecule has 2 atom stereocenters. The predicted molar refractivity (Wildman–Crippen MR) is 68.9 cm³/mol. The molecule has 0 radical (unpaired) electrons. The Hall–Kier alpha value is -1.84. The van der Waals surface area contributed by atoms with E-state index in [0.29, 0.717) is 0 Å². The standard InChI is InChI=1S/C13H9F6NO2S/c1-5-2-7(14)6(8-4-9(11(15)16)22-20-8)3-10(5)23(21)13(19)12(17)18/h2-4,11-13H,1H3. The molecule has 3 nitrogen and oxygen atoms in total. The van der Waals surface area contributed by atoms with Crippen molar-refractivity contribution in [2.45, 2.75) is 30.2 Å². The van der Waals surface area contributed by atoms with Crippen LogP contribution in [0.4, 0.5) is 26.3 Å². The van der Waals surface area contributed by atoms with Gasteiger partial charge in [-0.2, -0.15) is 0 Å². The Morgan fingerprint density at radius 2 is 1.78 bits per heavy atom. The third-order valence-electron chi connectivity index (χ3n) is 2.90. The second kappa shape index (κ2) is 6.73. The summed E-state index contributed by atoms with van der Waals surface area (Å²) in [6, 6.07) is 2.42. The number of aryl methyl sites for hydroxylation is 1. The van der Waals surface area contributed by atoms with Crippen molar-refractivity contribution in [2.24, 2.45) is 0 Å². The molecule has 0 fully saturated rings. The number of hydrogen-bond acceptors (Lipinski definition) is 3. The zero-order valence-corrected chi connectivity index (χ0v) is 12.2. The van der Waals surface area contributed by atoms with Crippen molar-refractivity contribution in [3.05, 3.63) is 35.3 Å². The summed E-state index contributed by atoms with van der Waals surface area (Å²) in [5.74, 6) is -1.75. The number of nitrogens with zero attached hydrogens (tertiary/aromatic N) is 1. The summed E-state index contributed by atoms with van der Waals surface area (Å²) >= 11 is 0. The predicted octanol–water partition coefficient (Wildman–Crippen LogP) is 4.40. The highest BCUT2D eigenvalue weighted by molar-refractivity contribution is 7.85. The van der Waals surface area contributed by atoms with Crippen LogP contribution in [0.1, 0.15) is 17.7 Å². The van der Waals surface area contributed by atoms with Crippen molar-refractivity contribution >= 4 is 10.8 Å². The average molecular weight is 357 g/mol. The maximum Gasteiger partial charge on any atom is 0.298 e. The Morgan fingerprint density at radius 1 is 1.13 bits per heavy atom. The minimum atomic E-state index is -3.48. The molecule has 2 rings (SSSR count). The van der Waals surface area contributed by atoms with Gasteiger partial charge >= 0.3 is 0 Å². The van der Waals surface area contributed by atoms with Crippen LogP contribution in [-0.2, 0) is 10.8 Å². The first-order chi connectivity index (χ1) is 10.7. The van der Waals surface area contributed by atoms with Crippen LogP contribution in [-0.4, -0.2) is 21.3 Å². The van der Waals surface area contributed by atoms with Gasteiger partial charge < -0.3 is 4.52 Å². The van der Waals surface area contributed by atoms with Gasteiger partial charge in [0.25, 0.3) is 12.9 Å². The van der Waals surface area contributed by atoms with Crippen molar-refractivity contribution in [3.8, 4) is 11.3 Å². The Labute approximate surface area is 128 Å². The van der Waals surface area contributed by atoms with Gasteiger partial charge in [-0.15, -0.1) is 0 Å². The van der Waals surface area contributed by atoms with Gasteiger partial charge in [0, 0.05) is 16.5 Å². The van der Waals surface area contributed by atoms with Crippen molar-refractivity contribution in [1.82, 2.24) is 5.16 Å². The average Bonchev–Trinajstić information content (AvgIpc) is 2.95. The smallest absolute Gasteiger partial charge is 0.298 e. The molecule has 1 aromatic heterocycles. The molecule has 10 heteroatoms. The third kappa shape index (κ3) is 3.57. The molecule has 2 aromatic rings. The molecule has 0 aliphatic heterocycles. The van der Waals surface area contributed by atoms with E-state index in [1.807, 2.05) is 0 Å². The number of halogens is 6. The highest BCUT2D eigenvalue weighted by Gasteiger charge is 2.29. The van der Waals surface area contributed by atoms with Gasteiger partial charge in [0.1, 0.15) is 11.5 Å². The molecule has 0 saturated heterocycles. The fourth-order valence-electron chi connectivity index (χ4n) is 1.80. The first-order valence-electron chi connectivity index (χ1n) is 6.10. The van der Waals surface area contributed by atoms with Gasteiger partial charge in [0.15, 0.2) is 0 Å². The maximum absolute atomic E-state index is 13.9. The molecule has 1 aromatic carbocycles. The highest BCUT2D eigenvalue weighted by atomic mass is 32.2. The van der Waals surface area contributed by atoms with E-state index >= 15 is 0 Å². The van der Waals surface area contributed by atoms with Crippen LogP contribution in [0.5, 0.6) is 0 Å². The Balaban J connectivity index is 2.49. The van der Waals surface area contributed by atoms with Gasteiger partial charge in [-0.3, -0.25) is 4.21 Å². The van der Waals surface area contributed by atoms with Crippen molar-refractivity contribution in [3.63, 3.8) is 0 Å². The van der Waals surface area contributed by atoms with E-state index in [-0.39, 0.29) is 16.2 Å². The molecule has 2 unspecified atom stereocenters. The van der Waals surface area contributed by atoms with E-state index in [9.17, 15) is 30.6 Å². The second-order valence-electron chi connectivity index (χ2n) is 4.50. The lowest BCUT2D eigenvalue weighted by molar-refractivity contribution is 0.0928. The molecular weight excluding hydrogens is 348 g/mol. The molecule has 0 bridgehead atoms. The summed E-state index contributed by atoms with van der Waals surface area (Å²) in [5.41, 5.74) is -3.73. The van der Waals surface area contributed by atoms with Crippen LogP contribution < -0.4 is 0 Å². The first kappa shape index (κ1) is 17.5. The Kier molecular flexibility index (Phi) is 5.12. The number of alkyl halides is 5. The minimum absolute atomic E-state index is 0.0227. The molecular formula is C13H9F6NO2S. The summed E-state index contributed by atoms with van der Waals surface area (Å²) in [4.78, 5) is -0.379. The van der Waals surface area contributed by atoms with E-state index < -0.39 is 46.3 Å². The number of aromatic nitrogens is 1. The van der Waals surface area contributed by atoms with Crippen LogP contribution in [0.15, 0.2) is 27.6 Å². The van der Waals surface area contributed by atoms with Crippen molar-refractivity contribution in [2.75, 3.05) is 0 Å². The zero-order chi connectivity index (χ0) is 17.3. The monoisotopic (exact) mass is 357 g/mol. The van der Waals surface area contributed by atoms with Gasteiger partial charge in [-0.05, 0) is 24.6 Å². The van der Waals surface area contributed by atoms with E-state index in [4.69, 9.17) is 0 Å². The maximum atomic E-state index is 13.9. The van der Waals surface area contributed by atoms with E-state index in [0.717, 1.165) is 18.2 Å². The Morgan fingerprint density at radius 3 is 2.30 bits per heavy atom. The van der Waals surface area contributed by atoms with E-state index in [1.54, 1.807) is 0 Å². The second-order valence-corrected chi connectivity index (χ2v) is 5.98. The molecule has 126 valence electrons. The summed E-state index contributed by atoms with van der Waals surface area (Å²) in [6.45, 7) is 1.26. The molecule has 0 aliphatic carbocycles. The van der Waals surface area contributed by atoms with Gasteiger partial charge in [-0.1, -0.05) is 5.16 Å². The van der Waals surface area contributed by atoms with E-state index in [2.05, 4.69) is 9.68 Å². The number of hydrogen-bond donors (Lipinski definition) is 0. The van der Waals surface area contributed by atoms with Gasteiger partial charge in [0.2, 0.25) is 11.3 Å². The molecule has 0 aliphatic rings. The van der Waals surface area contributed by atoms with Crippen molar-refractivity contribution < 1.29 is 35.1 Å². The van der Waals surface area contributed by atoms with Gasteiger partial charge in [-0.25, -0.2) is 26.3 Å². The van der Waals surface area contributed by atoms with Crippen LogP contribution in [0.2, 0.25) is 0 Å². The quantitative estimate of drug-likeness (QED) is 0.745. The third-order valence-corrected chi connectivity index (χ3v) is 4.39. The van der Waals surface area contributed by atoms with Crippen LogP contribution in [0.3, 0.4) is 0 Å². The lowest BCUT2D eigenvalue weighted by Gasteiger charge is -2.11. The SMILES string of the molecule is Cc1cc(F)c(-c2cc(C(F)F)on2)cc1S(=O)C(F)C(F)F. The molecule has 23 heavy (non-hydrogen) atoms.